The second-order valence-electron chi connectivity index (χ2n) is 3.63. The number of alkyl halides is 2. The molecule has 0 bridgehead atoms. The number of ether oxygens (including phenoxy) is 1. The fourth-order valence-electron chi connectivity index (χ4n) is 1.58. The van der Waals surface area contributed by atoms with Gasteiger partial charge in [-0.15, -0.1) is 11.3 Å². The van der Waals surface area contributed by atoms with Gasteiger partial charge in [0.25, 0.3) is 6.43 Å². The quantitative estimate of drug-likeness (QED) is 0.798. The van der Waals surface area contributed by atoms with Crippen LogP contribution in [0, 0.1) is 0 Å². The number of rotatable bonds is 4. The summed E-state index contributed by atoms with van der Waals surface area (Å²) in [5.41, 5.74) is -0.292. The molecule has 2 heterocycles. The van der Waals surface area contributed by atoms with Crippen LogP contribution >= 0.6 is 11.3 Å². The molecule has 2 aromatic rings. The SMILES string of the molecule is CCOC(=O)c1ccc(-c2cccs2)nc1C(F)F. The first-order valence-corrected chi connectivity index (χ1v) is 6.51. The van der Waals surface area contributed by atoms with Crippen molar-refractivity contribution in [1.29, 1.82) is 0 Å². The molecule has 3 nitrogen and oxygen atoms in total. The van der Waals surface area contributed by atoms with Crippen molar-refractivity contribution in [1.82, 2.24) is 4.98 Å². The monoisotopic (exact) mass is 283 g/mol. The highest BCUT2D eigenvalue weighted by Gasteiger charge is 2.22. The molecule has 2 rings (SSSR count). The van der Waals surface area contributed by atoms with Gasteiger partial charge in [-0.25, -0.2) is 18.6 Å². The summed E-state index contributed by atoms with van der Waals surface area (Å²) < 4.78 is 30.7. The minimum atomic E-state index is -2.82. The van der Waals surface area contributed by atoms with E-state index in [2.05, 4.69) is 4.98 Å². The fourth-order valence-corrected chi connectivity index (χ4v) is 2.28. The fraction of sp³-hybridized carbons (Fsp3) is 0.231. The van der Waals surface area contributed by atoms with E-state index in [1.54, 1.807) is 19.1 Å². The van der Waals surface area contributed by atoms with E-state index in [0.717, 1.165) is 4.88 Å². The number of carbonyl (C=O) groups is 1. The standard InChI is InChI=1S/C13H11F2NO2S/c1-2-18-13(17)8-5-6-9(10-4-3-7-19-10)16-11(8)12(14)15/h3-7,12H,2H2,1H3. The third-order valence-corrected chi connectivity index (χ3v) is 3.29. The Morgan fingerprint density at radius 2 is 2.21 bits per heavy atom. The first kappa shape index (κ1) is 13.6. The Balaban J connectivity index is 2.44. The second kappa shape index (κ2) is 5.88. The largest absolute Gasteiger partial charge is 0.462 e. The van der Waals surface area contributed by atoms with Crippen LogP contribution in [0.4, 0.5) is 8.78 Å². The maximum absolute atomic E-state index is 13.0. The smallest absolute Gasteiger partial charge is 0.340 e. The van der Waals surface area contributed by atoms with Gasteiger partial charge in [-0.05, 0) is 30.5 Å². The highest BCUT2D eigenvalue weighted by molar-refractivity contribution is 7.13. The van der Waals surface area contributed by atoms with E-state index in [0.29, 0.717) is 5.69 Å². The van der Waals surface area contributed by atoms with Gasteiger partial charge in [-0.2, -0.15) is 0 Å². The lowest BCUT2D eigenvalue weighted by atomic mass is 10.1. The predicted octanol–water partition coefficient (Wildman–Crippen LogP) is 3.92. The van der Waals surface area contributed by atoms with Crippen molar-refractivity contribution >= 4 is 17.3 Å². The molecule has 0 saturated heterocycles. The first-order valence-electron chi connectivity index (χ1n) is 5.63. The summed E-state index contributed by atoms with van der Waals surface area (Å²) in [5.74, 6) is -0.775. The molecule has 0 N–H and O–H groups in total. The second-order valence-corrected chi connectivity index (χ2v) is 4.58. The number of thiophene rings is 1. The van der Waals surface area contributed by atoms with E-state index in [1.807, 2.05) is 11.4 Å². The average Bonchev–Trinajstić information content (AvgIpc) is 2.92. The summed E-state index contributed by atoms with van der Waals surface area (Å²) in [7, 11) is 0. The predicted molar refractivity (Wildman–Crippen MR) is 68.5 cm³/mol. The molecule has 0 aliphatic rings. The number of pyridine rings is 1. The number of aromatic nitrogens is 1. The Bertz CT molecular complexity index is 570. The Morgan fingerprint density at radius 3 is 2.79 bits per heavy atom. The van der Waals surface area contributed by atoms with Crippen LogP contribution in [-0.4, -0.2) is 17.6 Å². The Labute approximate surface area is 112 Å². The summed E-state index contributed by atoms with van der Waals surface area (Å²) in [5, 5.41) is 1.83. The zero-order valence-corrected chi connectivity index (χ0v) is 10.9. The van der Waals surface area contributed by atoms with Crippen LogP contribution in [0.2, 0.25) is 0 Å². The van der Waals surface area contributed by atoms with E-state index in [1.165, 1.54) is 17.4 Å². The van der Waals surface area contributed by atoms with Crippen molar-refractivity contribution in [2.24, 2.45) is 0 Å². The molecule has 6 heteroatoms. The molecule has 0 spiro atoms. The zero-order valence-electron chi connectivity index (χ0n) is 10.1. The molecule has 0 amide bonds. The maximum atomic E-state index is 13.0. The van der Waals surface area contributed by atoms with E-state index < -0.39 is 18.1 Å². The lowest BCUT2D eigenvalue weighted by Gasteiger charge is -2.08. The Hall–Kier alpha value is -1.82. The van der Waals surface area contributed by atoms with Crippen LogP contribution in [0.5, 0.6) is 0 Å². The minimum Gasteiger partial charge on any atom is -0.462 e. The van der Waals surface area contributed by atoms with Gasteiger partial charge in [0.1, 0.15) is 5.69 Å². The van der Waals surface area contributed by atoms with Gasteiger partial charge in [0.15, 0.2) is 0 Å². The number of carbonyl (C=O) groups excluding carboxylic acids is 1. The molecule has 0 radical (unpaired) electrons. The molecule has 0 fully saturated rings. The normalized spacial score (nSPS) is 10.7. The van der Waals surface area contributed by atoms with Crippen molar-refractivity contribution in [3.63, 3.8) is 0 Å². The van der Waals surface area contributed by atoms with Crippen molar-refractivity contribution in [3.8, 4) is 10.6 Å². The number of esters is 1. The van der Waals surface area contributed by atoms with Gasteiger partial charge in [-0.1, -0.05) is 6.07 Å². The first-order chi connectivity index (χ1) is 9.13. The van der Waals surface area contributed by atoms with Gasteiger partial charge in [0.2, 0.25) is 0 Å². The molecule has 0 aliphatic heterocycles. The molecule has 0 saturated carbocycles. The van der Waals surface area contributed by atoms with Gasteiger partial charge < -0.3 is 4.74 Å². The van der Waals surface area contributed by atoms with Gasteiger partial charge in [0, 0.05) is 0 Å². The average molecular weight is 283 g/mol. The van der Waals surface area contributed by atoms with Crippen LogP contribution in [-0.2, 0) is 4.74 Å². The summed E-state index contributed by atoms with van der Waals surface area (Å²) in [6, 6.07) is 6.47. The number of hydrogen-bond donors (Lipinski definition) is 0. The van der Waals surface area contributed by atoms with Crippen LogP contribution in [0.3, 0.4) is 0 Å². The van der Waals surface area contributed by atoms with Crippen molar-refractivity contribution in [3.05, 3.63) is 40.9 Å². The van der Waals surface area contributed by atoms with E-state index in [-0.39, 0.29) is 12.2 Å². The van der Waals surface area contributed by atoms with Gasteiger partial charge in [-0.3, -0.25) is 0 Å². The molecule has 0 atom stereocenters. The number of hydrogen-bond acceptors (Lipinski definition) is 4. The van der Waals surface area contributed by atoms with Crippen molar-refractivity contribution in [2.45, 2.75) is 13.3 Å². The highest BCUT2D eigenvalue weighted by Crippen LogP contribution is 2.28. The lowest BCUT2D eigenvalue weighted by Crippen LogP contribution is -2.10. The van der Waals surface area contributed by atoms with Crippen molar-refractivity contribution < 1.29 is 18.3 Å². The molecule has 0 aromatic carbocycles. The maximum Gasteiger partial charge on any atom is 0.340 e. The molecule has 0 unspecified atom stereocenters. The van der Waals surface area contributed by atoms with Crippen LogP contribution < -0.4 is 0 Å². The molecule has 2 aromatic heterocycles. The third-order valence-electron chi connectivity index (χ3n) is 2.40. The Morgan fingerprint density at radius 1 is 1.42 bits per heavy atom. The van der Waals surface area contributed by atoms with E-state index >= 15 is 0 Å². The number of halogens is 2. The number of nitrogens with zero attached hydrogens (tertiary/aromatic N) is 1. The molecular formula is C13H11F2NO2S. The van der Waals surface area contributed by atoms with Gasteiger partial charge in [0.05, 0.1) is 22.7 Å². The Kier molecular flexibility index (Phi) is 4.21. The van der Waals surface area contributed by atoms with Gasteiger partial charge >= 0.3 is 5.97 Å². The minimum absolute atomic E-state index is 0.133. The van der Waals surface area contributed by atoms with E-state index in [4.69, 9.17) is 4.74 Å². The summed E-state index contributed by atoms with van der Waals surface area (Å²) >= 11 is 1.40. The highest BCUT2D eigenvalue weighted by atomic mass is 32.1. The topological polar surface area (TPSA) is 39.2 Å². The lowest BCUT2D eigenvalue weighted by molar-refractivity contribution is 0.0513. The van der Waals surface area contributed by atoms with Crippen molar-refractivity contribution in [2.75, 3.05) is 6.61 Å². The van der Waals surface area contributed by atoms with Crippen LogP contribution in [0.15, 0.2) is 29.6 Å². The summed E-state index contributed by atoms with van der Waals surface area (Å²) in [4.78, 5) is 16.2. The van der Waals surface area contributed by atoms with E-state index in [9.17, 15) is 13.6 Å². The summed E-state index contributed by atoms with van der Waals surface area (Å²) in [6.45, 7) is 1.75. The van der Waals surface area contributed by atoms with Crippen LogP contribution in [0.25, 0.3) is 10.6 Å². The molecule has 0 aliphatic carbocycles. The van der Waals surface area contributed by atoms with Crippen LogP contribution in [0.1, 0.15) is 29.4 Å². The third kappa shape index (κ3) is 2.96. The molecule has 19 heavy (non-hydrogen) atoms. The zero-order chi connectivity index (χ0) is 13.8. The molecule has 100 valence electrons. The summed E-state index contributed by atoms with van der Waals surface area (Å²) in [6.07, 6.45) is -2.82. The molecular weight excluding hydrogens is 272 g/mol.